The molecule has 0 spiro atoms. The number of rotatable bonds is 2. The predicted octanol–water partition coefficient (Wildman–Crippen LogP) is 1.46. The van der Waals surface area contributed by atoms with Crippen LogP contribution in [0.1, 0.15) is 10.4 Å². The van der Waals surface area contributed by atoms with E-state index in [2.05, 4.69) is 29.8 Å². The molecule has 1 aromatic heterocycles. The number of hydrogen-bond donors (Lipinski definition) is 2. The zero-order valence-corrected chi connectivity index (χ0v) is 9.23. The first-order chi connectivity index (χ1) is 6.74. The SMILES string of the molecule is Cc1cc(CC2=CC(N)CNC2)cs1. The summed E-state index contributed by atoms with van der Waals surface area (Å²) in [6.45, 7) is 4.04. The molecule has 0 amide bonds. The highest BCUT2D eigenvalue weighted by Crippen LogP contribution is 2.17. The Hall–Kier alpha value is -0.640. The van der Waals surface area contributed by atoms with E-state index in [1.165, 1.54) is 16.0 Å². The van der Waals surface area contributed by atoms with Gasteiger partial charge >= 0.3 is 0 Å². The van der Waals surface area contributed by atoms with Crippen LogP contribution in [-0.2, 0) is 6.42 Å². The Labute approximate surface area is 88.8 Å². The molecule has 0 saturated carbocycles. The number of nitrogens with one attached hydrogen (secondary N) is 1. The monoisotopic (exact) mass is 208 g/mol. The molecule has 3 heteroatoms. The second-order valence-corrected chi connectivity index (χ2v) is 4.98. The summed E-state index contributed by atoms with van der Waals surface area (Å²) in [5, 5.41) is 5.55. The van der Waals surface area contributed by atoms with E-state index < -0.39 is 0 Å². The third-order valence-electron chi connectivity index (χ3n) is 2.40. The summed E-state index contributed by atoms with van der Waals surface area (Å²) >= 11 is 1.81. The Morgan fingerprint density at radius 2 is 2.50 bits per heavy atom. The van der Waals surface area contributed by atoms with Crippen molar-refractivity contribution in [2.24, 2.45) is 5.73 Å². The van der Waals surface area contributed by atoms with Gasteiger partial charge in [-0.2, -0.15) is 0 Å². The standard InChI is InChI=1S/C11H16N2S/c1-8-2-10(7-14-8)3-9-4-11(12)6-13-5-9/h2,4,7,11,13H,3,5-6,12H2,1H3. The lowest BCUT2D eigenvalue weighted by atomic mass is 10.0. The minimum Gasteiger partial charge on any atom is -0.323 e. The molecule has 3 N–H and O–H groups in total. The molecule has 0 saturated heterocycles. The van der Waals surface area contributed by atoms with Crippen molar-refractivity contribution in [1.82, 2.24) is 5.32 Å². The van der Waals surface area contributed by atoms with Gasteiger partial charge in [-0.3, -0.25) is 0 Å². The van der Waals surface area contributed by atoms with Gasteiger partial charge in [0.2, 0.25) is 0 Å². The number of aryl methyl sites for hydroxylation is 1. The topological polar surface area (TPSA) is 38.0 Å². The molecule has 2 heterocycles. The van der Waals surface area contributed by atoms with Crippen molar-refractivity contribution in [1.29, 1.82) is 0 Å². The molecule has 0 radical (unpaired) electrons. The molecule has 76 valence electrons. The molecular formula is C11H16N2S. The highest BCUT2D eigenvalue weighted by Gasteiger charge is 2.09. The van der Waals surface area contributed by atoms with Crippen LogP contribution in [0, 0.1) is 6.92 Å². The van der Waals surface area contributed by atoms with Crippen molar-refractivity contribution in [2.45, 2.75) is 19.4 Å². The van der Waals surface area contributed by atoms with Crippen molar-refractivity contribution in [3.05, 3.63) is 33.5 Å². The molecule has 0 aliphatic carbocycles. The normalized spacial score (nSPS) is 22.1. The smallest absolute Gasteiger partial charge is 0.0354 e. The van der Waals surface area contributed by atoms with Crippen molar-refractivity contribution in [2.75, 3.05) is 13.1 Å². The molecule has 1 aliphatic rings. The first kappa shape index (κ1) is 9.90. The van der Waals surface area contributed by atoms with E-state index in [1.54, 1.807) is 0 Å². The lowest BCUT2D eigenvalue weighted by Gasteiger charge is -2.18. The maximum Gasteiger partial charge on any atom is 0.0354 e. The van der Waals surface area contributed by atoms with Crippen LogP contribution in [0.4, 0.5) is 0 Å². The molecule has 0 fully saturated rings. The quantitative estimate of drug-likeness (QED) is 0.722. The number of nitrogens with two attached hydrogens (primary N) is 1. The van der Waals surface area contributed by atoms with Crippen LogP contribution in [0.25, 0.3) is 0 Å². The summed E-state index contributed by atoms with van der Waals surface area (Å²) in [7, 11) is 0. The molecule has 2 nitrogen and oxygen atoms in total. The van der Waals surface area contributed by atoms with Gasteiger partial charge in [0, 0.05) is 24.0 Å². The second-order valence-electron chi connectivity index (χ2n) is 3.86. The molecule has 1 unspecified atom stereocenters. The highest BCUT2D eigenvalue weighted by atomic mass is 32.1. The fraction of sp³-hybridized carbons (Fsp3) is 0.455. The molecule has 2 rings (SSSR count). The van der Waals surface area contributed by atoms with Crippen LogP contribution in [0.3, 0.4) is 0 Å². The van der Waals surface area contributed by atoms with Gasteiger partial charge in [-0.1, -0.05) is 11.6 Å². The van der Waals surface area contributed by atoms with E-state index >= 15 is 0 Å². The van der Waals surface area contributed by atoms with Crippen molar-refractivity contribution < 1.29 is 0 Å². The highest BCUT2D eigenvalue weighted by molar-refractivity contribution is 7.10. The zero-order valence-electron chi connectivity index (χ0n) is 8.42. The summed E-state index contributed by atoms with van der Waals surface area (Å²) in [5.74, 6) is 0. The third-order valence-corrected chi connectivity index (χ3v) is 3.31. The van der Waals surface area contributed by atoms with Gasteiger partial charge in [0.15, 0.2) is 0 Å². The average molecular weight is 208 g/mol. The summed E-state index contributed by atoms with van der Waals surface area (Å²) < 4.78 is 0. The lowest BCUT2D eigenvalue weighted by Crippen LogP contribution is -2.38. The van der Waals surface area contributed by atoms with Crippen LogP contribution in [0.5, 0.6) is 0 Å². The van der Waals surface area contributed by atoms with Crippen LogP contribution in [0.2, 0.25) is 0 Å². The number of hydrogen-bond acceptors (Lipinski definition) is 3. The van der Waals surface area contributed by atoms with Gasteiger partial charge in [-0.15, -0.1) is 11.3 Å². The Balaban J connectivity index is 2.03. The lowest BCUT2D eigenvalue weighted by molar-refractivity contribution is 0.627. The maximum atomic E-state index is 5.85. The number of thiophene rings is 1. The van der Waals surface area contributed by atoms with Gasteiger partial charge in [0.1, 0.15) is 0 Å². The molecule has 1 aromatic rings. The fourth-order valence-electron chi connectivity index (χ4n) is 1.79. The van der Waals surface area contributed by atoms with Crippen LogP contribution in [0.15, 0.2) is 23.1 Å². The molecular weight excluding hydrogens is 192 g/mol. The second kappa shape index (κ2) is 4.26. The summed E-state index contributed by atoms with van der Waals surface area (Å²) in [6.07, 6.45) is 3.24. The maximum absolute atomic E-state index is 5.85. The average Bonchev–Trinajstić information content (AvgIpc) is 2.51. The van der Waals surface area contributed by atoms with Crippen LogP contribution in [-0.4, -0.2) is 19.1 Å². The summed E-state index contributed by atoms with van der Waals surface area (Å²) in [6, 6.07) is 2.45. The minimum absolute atomic E-state index is 0.193. The first-order valence-electron chi connectivity index (χ1n) is 4.94. The van der Waals surface area contributed by atoms with E-state index in [0.29, 0.717) is 0 Å². The molecule has 14 heavy (non-hydrogen) atoms. The molecule has 1 atom stereocenters. The van der Waals surface area contributed by atoms with Crippen LogP contribution >= 0.6 is 11.3 Å². The Kier molecular flexibility index (Phi) is 3.01. The van der Waals surface area contributed by atoms with E-state index in [0.717, 1.165) is 19.5 Å². The van der Waals surface area contributed by atoms with E-state index in [-0.39, 0.29) is 6.04 Å². The molecule has 0 aromatic carbocycles. The van der Waals surface area contributed by atoms with E-state index in [1.807, 2.05) is 11.3 Å². The zero-order chi connectivity index (χ0) is 9.97. The summed E-state index contributed by atoms with van der Waals surface area (Å²) in [4.78, 5) is 1.38. The van der Waals surface area contributed by atoms with E-state index in [9.17, 15) is 0 Å². The van der Waals surface area contributed by atoms with Gasteiger partial charge in [0.05, 0.1) is 0 Å². The fourth-order valence-corrected chi connectivity index (χ4v) is 2.50. The summed E-state index contributed by atoms with van der Waals surface area (Å²) in [5.41, 5.74) is 8.68. The largest absolute Gasteiger partial charge is 0.323 e. The van der Waals surface area contributed by atoms with Gasteiger partial charge in [-0.25, -0.2) is 0 Å². The Bertz CT molecular complexity index is 341. The molecule has 0 bridgehead atoms. The van der Waals surface area contributed by atoms with E-state index in [4.69, 9.17) is 5.73 Å². The first-order valence-corrected chi connectivity index (χ1v) is 5.82. The minimum atomic E-state index is 0.193. The van der Waals surface area contributed by atoms with Crippen molar-refractivity contribution in [3.8, 4) is 0 Å². The van der Waals surface area contributed by atoms with Gasteiger partial charge in [-0.05, 0) is 30.4 Å². The van der Waals surface area contributed by atoms with Gasteiger partial charge in [0.25, 0.3) is 0 Å². The van der Waals surface area contributed by atoms with Crippen molar-refractivity contribution in [3.63, 3.8) is 0 Å². The van der Waals surface area contributed by atoms with Crippen molar-refractivity contribution >= 4 is 11.3 Å². The Morgan fingerprint density at radius 3 is 3.14 bits per heavy atom. The Morgan fingerprint density at radius 1 is 1.64 bits per heavy atom. The molecule has 1 aliphatic heterocycles. The van der Waals surface area contributed by atoms with Crippen LogP contribution < -0.4 is 11.1 Å². The predicted molar refractivity (Wildman–Crippen MR) is 61.7 cm³/mol. The third kappa shape index (κ3) is 2.44. The van der Waals surface area contributed by atoms with Gasteiger partial charge < -0.3 is 11.1 Å².